The van der Waals surface area contributed by atoms with Crippen molar-refractivity contribution in [3.63, 3.8) is 0 Å². The summed E-state index contributed by atoms with van der Waals surface area (Å²) < 4.78 is 0. The Hall–Kier alpha value is -1.38. The molecule has 1 aromatic carbocycles. The molecule has 0 spiro atoms. The monoisotopic (exact) mass is 265 g/mol. The fraction of sp³-hybridized carbons (Fsp3) is 0.462. The van der Waals surface area contributed by atoms with Gasteiger partial charge in [-0.3, -0.25) is 0 Å². The maximum atomic E-state index is 9.23. The second-order valence-electron chi connectivity index (χ2n) is 4.14. The summed E-state index contributed by atoms with van der Waals surface area (Å²) in [7, 11) is 0. The molecule has 0 aliphatic carbocycles. The lowest BCUT2D eigenvalue weighted by Gasteiger charge is -2.22. The Bertz CT molecular complexity index is 427. The topological polar surface area (TPSA) is 82.1 Å². The Kier molecular flexibility index (Phi) is 5.83. The van der Waals surface area contributed by atoms with Gasteiger partial charge in [0.1, 0.15) is 0 Å². The molecule has 0 bridgehead atoms. The number of nitrogens with zero attached hydrogens (tertiary/aromatic N) is 1. The van der Waals surface area contributed by atoms with E-state index < -0.39 is 0 Å². The summed E-state index contributed by atoms with van der Waals surface area (Å²) in [6.07, 6.45) is 2.28. The number of nitrogens with one attached hydrogen (secondary N) is 1. The Morgan fingerprint density at radius 3 is 2.83 bits per heavy atom. The number of aliphatic hydroxyl groups excluding tert-OH is 1. The van der Waals surface area contributed by atoms with E-state index >= 15 is 0 Å². The lowest BCUT2D eigenvalue weighted by molar-refractivity contribution is 0.288. The average Bonchev–Trinajstić information content (AvgIpc) is 2.35. The van der Waals surface area contributed by atoms with Crippen LogP contribution in [0.25, 0.3) is 0 Å². The van der Waals surface area contributed by atoms with Gasteiger partial charge in [0.25, 0.3) is 0 Å². The molecule has 18 heavy (non-hydrogen) atoms. The van der Waals surface area contributed by atoms with Crippen molar-refractivity contribution in [3.05, 3.63) is 23.8 Å². The molecule has 0 heterocycles. The molecule has 0 aromatic heterocycles. The zero-order valence-corrected chi connectivity index (χ0v) is 11.5. The lowest BCUT2D eigenvalue weighted by Crippen LogP contribution is -2.30. The molecule has 0 amide bonds. The molecule has 5 heteroatoms. The summed E-state index contributed by atoms with van der Waals surface area (Å²) in [5.41, 5.74) is 8.19. The van der Waals surface area contributed by atoms with E-state index in [2.05, 4.69) is 11.4 Å². The van der Waals surface area contributed by atoms with Gasteiger partial charge in [0.05, 0.1) is 19.1 Å². The van der Waals surface area contributed by atoms with Gasteiger partial charge in [0.15, 0.2) is 0 Å². The number of nitriles is 1. The average molecular weight is 265 g/mol. The molecule has 2 unspecified atom stereocenters. The van der Waals surface area contributed by atoms with Crippen LogP contribution in [0.4, 0.5) is 11.4 Å². The Morgan fingerprint density at radius 2 is 2.28 bits per heavy atom. The van der Waals surface area contributed by atoms with Gasteiger partial charge in [0.2, 0.25) is 0 Å². The third-order valence-electron chi connectivity index (χ3n) is 2.85. The summed E-state index contributed by atoms with van der Waals surface area (Å²) in [5, 5.41) is 21.4. The zero-order valence-electron chi connectivity index (χ0n) is 10.7. The van der Waals surface area contributed by atoms with E-state index in [-0.39, 0.29) is 17.9 Å². The van der Waals surface area contributed by atoms with E-state index in [0.717, 1.165) is 11.3 Å². The van der Waals surface area contributed by atoms with Gasteiger partial charge in [-0.25, -0.2) is 0 Å². The van der Waals surface area contributed by atoms with E-state index in [9.17, 15) is 5.11 Å². The second-order valence-corrected chi connectivity index (χ2v) is 5.22. The normalized spacial score (nSPS) is 13.7. The molecule has 1 aromatic rings. The van der Waals surface area contributed by atoms with Gasteiger partial charge in [-0.05, 0) is 36.9 Å². The van der Waals surface area contributed by atoms with E-state index in [1.807, 2.05) is 25.3 Å². The van der Waals surface area contributed by atoms with Crippen molar-refractivity contribution in [2.75, 3.05) is 23.9 Å². The predicted molar refractivity (Wildman–Crippen MR) is 77.6 cm³/mol. The van der Waals surface area contributed by atoms with Crippen LogP contribution in [-0.2, 0) is 6.42 Å². The molecule has 1 rings (SSSR count). The summed E-state index contributed by atoms with van der Waals surface area (Å²) >= 11 is 1.63. The number of thioether (sulfide) groups is 1. The number of hydrogen-bond donors (Lipinski definition) is 3. The highest BCUT2D eigenvalue weighted by Gasteiger charge is 2.15. The van der Waals surface area contributed by atoms with E-state index in [0.29, 0.717) is 12.1 Å². The molecule has 4 N–H and O–H groups in total. The van der Waals surface area contributed by atoms with Crippen LogP contribution in [0.5, 0.6) is 0 Å². The number of rotatable bonds is 6. The van der Waals surface area contributed by atoms with Crippen LogP contribution >= 0.6 is 11.8 Å². The summed E-state index contributed by atoms with van der Waals surface area (Å²) in [6, 6.07) is 7.82. The van der Waals surface area contributed by atoms with E-state index in [1.165, 1.54) is 0 Å². The van der Waals surface area contributed by atoms with E-state index in [4.69, 9.17) is 11.0 Å². The second kappa shape index (κ2) is 7.14. The van der Waals surface area contributed by atoms with Gasteiger partial charge >= 0.3 is 0 Å². The van der Waals surface area contributed by atoms with Crippen molar-refractivity contribution >= 4 is 23.1 Å². The van der Waals surface area contributed by atoms with Crippen molar-refractivity contribution in [2.24, 2.45) is 0 Å². The third-order valence-corrected chi connectivity index (χ3v) is 4.01. The third kappa shape index (κ3) is 3.83. The van der Waals surface area contributed by atoms with Crippen molar-refractivity contribution in [2.45, 2.75) is 24.6 Å². The van der Waals surface area contributed by atoms with Gasteiger partial charge in [-0.2, -0.15) is 17.0 Å². The van der Waals surface area contributed by atoms with Crippen LogP contribution in [0.1, 0.15) is 12.5 Å². The van der Waals surface area contributed by atoms with Gasteiger partial charge in [-0.15, -0.1) is 0 Å². The fourth-order valence-corrected chi connectivity index (χ4v) is 2.35. The van der Waals surface area contributed by atoms with Gasteiger partial charge in [0, 0.05) is 22.7 Å². The summed E-state index contributed by atoms with van der Waals surface area (Å²) in [4.78, 5) is 0. The van der Waals surface area contributed by atoms with Crippen molar-refractivity contribution < 1.29 is 5.11 Å². The van der Waals surface area contributed by atoms with Crippen LogP contribution in [0.2, 0.25) is 0 Å². The summed E-state index contributed by atoms with van der Waals surface area (Å²) in [5.74, 6) is 0. The minimum atomic E-state index is 0.134. The fourth-order valence-electron chi connectivity index (χ4n) is 1.73. The van der Waals surface area contributed by atoms with Crippen LogP contribution < -0.4 is 11.1 Å². The van der Waals surface area contributed by atoms with Crippen LogP contribution in [0, 0.1) is 11.3 Å². The molecule has 4 nitrogen and oxygen atoms in total. The van der Waals surface area contributed by atoms with Crippen molar-refractivity contribution in [1.82, 2.24) is 0 Å². The minimum Gasteiger partial charge on any atom is -0.398 e. The smallest absolute Gasteiger partial charge is 0.0670 e. The number of nitrogen functional groups attached to an aromatic ring is 1. The summed E-state index contributed by atoms with van der Waals surface area (Å²) in [6.45, 7) is 2.16. The molecular weight excluding hydrogens is 246 g/mol. The minimum absolute atomic E-state index is 0.134. The van der Waals surface area contributed by atoms with Crippen molar-refractivity contribution in [1.29, 1.82) is 5.26 Å². The molecular formula is C13H19N3OS. The molecule has 98 valence electrons. The number of aliphatic hydroxyl groups is 1. The highest BCUT2D eigenvalue weighted by molar-refractivity contribution is 7.99. The highest BCUT2D eigenvalue weighted by Crippen LogP contribution is 2.21. The maximum absolute atomic E-state index is 9.23. The standard InChI is InChI=1S/C13H19N3OS/c1-9(13(8-17)18-2)16-11-3-4-12(15)10(7-11)5-6-14/h3-4,7,9,13,16-17H,5,8,15H2,1-2H3. The molecule has 0 saturated heterocycles. The number of anilines is 2. The SMILES string of the molecule is CSC(CO)C(C)Nc1ccc(N)c(CC#N)c1. The first-order valence-corrected chi connectivity index (χ1v) is 7.06. The Balaban J connectivity index is 2.79. The molecule has 0 aliphatic rings. The Morgan fingerprint density at radius 1 is 1.56 bits per heavy atom. The Labute approximate surface area is 112 Å². The van der Waals surface area contributed by atoms with Crippen LogP contribution in [0.15, 0.2) is 18.2 Å². The lowest BCUT2D eigenvalue weighted by atomic mass is 10.1. The quantitative estimate of drug-likeness (QED) is 0.684. The molecule has 0 saturated carbocycles. The first kappa shape index (κ1) is 14.7. The van der Waals surface area contributed by atoms with Gasteiger partial charge < -0.3 is 16.2 Å². The molecule has 0 aliphatic heterocycles. The molecule has 0 radical (unpaired) electrons. The predicted octanol–water partition coefficient (Wildman–Crippen LogP) is 1.86. The first-order chi connectivity index (χ1) is 8.62. The molecule has 0 fully saturated rings. The van der Waals surface area contributed by atoms with Crippen molar-refractivity contribution in [3.8, 4) is 6.07 Å². The largest absolute Gasteiger partial charge is 0.398 e. The maximum Gasteiger partial charge on any atom is 0.0670 e. The van der Waals surface area contributed by atoms with Crippen LogP contribution in [0.3, 0.4) is 0 Å². The zero-order chi connectivity index (χ0) is 13.5. The van der Waals surface area contributed by atoms with Gasteiger partial charge in [-0.1, -0.05) is 0 Å². The van der Waals surface area contributed by atoms with Crippen LogP contribution in [-0.4, -0.2) is 29.3 Å². The number of benzene rings is 1. The molecule has 2 atom stereocenters. The first-order valence-electron chi connectivity index (χ1n) is 5.78. The van der Waals surface area contributed by atoms with E-state index in [1.54, 1.807) is 17.8 Å². The number of hydrogen-bond acceptors (Lipinski definition) is 5. The highest BCUT2D eigenvalue weighted by atomic mass is 32.2. The number of nitrogens with two attached hydrogens (primary N) is 1.